The van der Waals surface area contributed by atoms with Gasteiger partial charge in [-0.1, -0.05) is 6.92 Å². The van der Waals surface area contributed by atoms with Gasteiger partial charge in [-0.05, 0) is 13.3 Å². The maximum absolute atomic E-state index is 11.5. The minimum atomic E-state index is -0.164. The first-order valence-electron chi connectivity index (χ1n) is 4.93. The van der Waals surface area contributed by atoms with Crippen molar-refractivity contribution in [3.63, 3.8) is 0 Å². The van der Waals surface area contributed by atoms with Crippen LogP contribution in [-0.2, 0) is 4.79 Å². The van der Waals surface area contributed by atoms with Gasteiger partial charge in [0.05, 0.1) is 6.04 Å². The van der Waals surface area contributed by atoms with Crippen molar-refractivity contribution in [1.29, 1.82) is 0 Å². The summed E-state index contributed by atoms with van der Waals surface area (Å²) in [4.78, 5) is 13.1. The Labute approximate surface area is 86.9 Å². The molecule has 1 N–H and O–H groups in total. The molecule has 0 rings (SSSR count). The lowest BCUT2D eigenvalue weighted by molar-refractivity contribution is -0.130. The Balaban J connectivity index is 4.09. The van der Waals surface area contributed by atoms with E-state index in [0.717, 1.165) is 6.42 Å². The van der Waals surface area contributed by atoms with Crippen LogP contribution in [-0.4, -0.2) is 37.0 Å². The molecule has 0 saturated carbocycles. The molecule has 0 aromatic rings. The van der Waals surface area contributed by atoms with Gasteiger partial charge in [0.25, 0.3) is 0 Å². The van der Waals surface area contributed by atoms with Crippen LogP contribution in [0.4, 0.5) is 0 Å². The molecule has 0 spiro atoms. The van der Waals surface area contributed by atoms with Gasteiger partial charge in [-0.25, -0.2) is 0 Å². The monoisotopic (exact) mass is 196 g/mol. The Hall–Kier alpha value is -1.01. The highest BCUT2D eigenvalue weighted by atomic mass is 16.2. The summed E-state index contributed by atoms with van der Waals surface area (Å²) in [5, 5.41) is 3.21. The zero-order valence-electron chi connectivity index (χ0n) is 9.50. The van der Waals surface area contributed by atoms with E-state index < -0.39 is 0 Å². The van der Waals surface area contributed by atoms with Crippen LogP contribution in [0.5, 0.6) is 0 Å². The lowest BCUT2D eigenvalue weighted by Crippen LogP contribution is -2.45. The normalized spacial score (nSPS) is 14.2. The van der Waals surface area contributed by atoms with Crippen LogP contribution in [0.1, 0.15) is 26.7 Å². The fourth-order valence-corrected chi connectivity index (χ4v) is 1.28. The first kappa shape index (κ1) is 13.0. The van der Waals surface area contributed by atoms with Crippen LogP contribution in [0.3, 0.4) is 0 Å². The standard InChI is InChI=1S/C11H20N2O/c1-6-8-10(7-2)12-9(3)11(14)13(4)5/h1,9-10,12H,7-8H2,2-5H3. The lowest BCUT2D eigenvalue weighted by atomic mass is 10.1. The van der Waals surface area contributed by atoms with E-state index in [4.69, 9.17) is 6.42 Å². The molecule has 0 aromatic heterocycles. The van der Waals surface area contributed by atoms with Gasteiger partial charge in [-0.2, -0.15) is 0 Å². The van der Waals surface area contributed by atoms with Gasteiger partial charge in [0, 0.05) is 26.6 Å². The summed E-state index contributed by atoms with van der Waals surface area (Å²) in [7, 11) is 3.51. The highest BCUT2D eigenvalue weighted by Crippen LogP contribution is 1.99. The van der Waals surface area contributed by atoms with Crippen LogP contribution in [0.25, 0.3) is 0 Å². The van der Waals surface area contributed by atoms with Gasteiger partial charge in [0.15, 0.2) is 0 Å². The first-order chi connectivity index (χ1) is 6.52. The van der Waals surface area contributed by atoms with Crippen molar-refractivity contribution < 1.29 is 4.79 Å². The molecule has 0 heterocycles. The van der Waals surface area contributed by atoms with Crippen molar-refractivity contribution >= 4 is 5.91 Å². The molecule has 0 fully saturated rings. The molecule has 0 aliphatic heterocycles. The van der Waals surface area contributed by atoms with Crippen LogP contribution in [0.15, 0.2) is 0 Å². The predicted molar refractivity (Wildman–Crippen MR) is 58.8 cm³/mol. The predicted octanol–water partition coefficient (Wildman–Crippen LogP) is 0.855. The molecule has 3 nitrogen and oxygen atoms in total. The molecule has 0 aromatic carbocycles. The van der Waals surface area contributed by atoms with Crippen LogP contribution >= 0.6 is 0 Å². The Morgan fingerprint density at radius 1 is 1.57 bits per heavy atom. The number of nitrogens with zero attached hydrogens (tertiary/aromatic N) is 1. The SMILES string of the molecule is C#CCC(CC)NC(C)C(=O)N(C)C. The van der Waals surface area contributed by atoms with Crippen LogP contribution in [0, 0.1) is 12.3 Å². The van der Waals surface area contributed by atoms with Gasteiger partial charge in [-0.15, -0.1) is 12.3 Å². The number of nitrogens with one attached hydrogen (secondary N) is 1. The molecule has 2 atom stereocenters. The average molecular weight is 196 g/mol. The highest BCUT2D eigenvalue weighted by Gasteiger charge is 2.17. The van der Waals surface area contributed by atoms with E-state index >= 15 is 0 Å². The number of carbonyl (C=O) groups excluding carboxylic acids is 1. The van der Waals surface area contributed by atoms with Gasteiger partial charge >= 0.3 is 0 Å². The van der Waals surface area contributed by atoms with Crippen molar-refractivity contribution in [1.82, 2.24) is 10.2 Å². The number of rotatable bonds is 5. The highest BCUT2D eigenvalue weighted by molar-refractivity contribution is 5.80. The number of hydrogen-bond donors (Lipinski definition) is 1. The van der Waals surface area contributed by atoms with Crippen molar-refractivity contribution in [3.05, 3.63) is 0 Å². The molecular weight excluding hydrogens is 176 g/mol. The van der Waals surface area contributed by atoms with Gasteiger partial charge in [0.1, 0.15) is 0 Å². The summed E-state index contributed by atoms with van der Waals surface area (Å²) in [6.45, 7) is 3.92. The Morgan fingerprint density at radius 2 is 2.14 bits per heavy atom. The minimum Gasteiger partial charge on any atom is -0.347 e. The van der Waals surface area contributed by atoms with E-state index in [1.165, 1.54) is 0 Å². The van der Waals surface area contributed by atoms with Crippen LogP contribution in [0.2, 0.25) is 0 Å². The first-order valence-corrected chi connectivity index (χ1v) is 4.93. The Morgan fingerprint density at radius 3 is 2.50 bits per heavy atom. The third kappa shape index (κ3) is 4.29. The van der Waals surface area contributed by atoms with E-state index in [-0.39, 0.29) is 18.0 Å². The molecule has 0 bridgehead atoms. The largest absolute Gasteiger partial charge is 0.347 e. The maximum atomic E-state index is 11.5. The lowest BCUT2D eigenvalue weighted by Gasteiger charge is -2.22. The molecule has 0 saturated heterocycles. The van der Waals surface area contributed by atoms with E-state index in [9.17, 15) is 4.79 Å². The van der Waals surface area contributed by atoms with Crippen LogP contribution < -0.4 is 5.32 Å². The topological polar surface area (TPSA) is 32.3 Å². The number of hydrogen-bond acceptors (Lipinski definition) is 2. The van der Waals surface area contributed by atoms with E-state index in [0.29, 0.717) is 6.42 Å². The Kier molecular flexibility index (Phi) is 5.98. The summed E-state index contributed by atoms with van der Waals surface area (Å²) in [6, 6.07) is 0.0715. The molecule has 14 heavy (non-hydrogen) atoms. The number of amides is 1. The molecule has 80 valence electrons. The van der Waals surface area contributed by atoms with Gasteiger partial charge in [0.2, 0.25) is 5.91 Å². The molecule has 0 aliphatic carbocycles. The number of likely N-dealkylation sites (N-methyl/N-ethyl adjacent to an activating group) is 1. The fraction of sp³-hybridized carbons (Fsp3) is 0.727. The van der Waals surface area contributed by atoms with Crippen molar-refractivity contribution in [2.45, 2.75) is 38.8 Å². The smallest absolute Gasteiger partial charge is 0.238 e. The van der Waals surface area contributed by atoms with E-state index in [2.05, 4.69) is 18.2 Å². The average Bonchev–Trinajstić information content (AvgIpc) is 2.15. The summed E-state index contributed by atoms with van der Waals surface area (Å²) in [5.74, 6) is 2.69. The van der Waals surface area contributed by atoms with Gasteiger partial charge < -0.3 is 10.2 Å². The second-order valence-corrected chi connectivity index (χ2v) is 3.63. The summed E-state index contributed by atoms with van der Waals surface area (Å²) < 4.78 is 0. The number of terminal acetylenes is 1. The van der Waals surface area contributed by atoms with Crippen molar-refractivity contribution in [3.8, 4) is 12.3 Å². The number of carbonyl (C=O) groups is 1. The zero-order chi connectivity index (χ0) is 11.1. The van der Waals surface area contributed by atoms with Crippen molar-refractivity contribution in [2.75, 3.05) is 14.1 Å². The van der Waals surface area contributed by atoms with Crippen molar-refractivity contribution in [2.24, 2.45) is 0 Å². The third-order valence-corrected chi connectivity index (χ3v) is 2.15. The molecule has 3 heteroatoms. The maximum Gasteiger partial charge on any atom is 0.238 e. The summed E-state index contributed by atoms with van der Waals surface area (Å²) >= 11 is 0. The zero-order valence-corrected chi connectivity index (χ0v) is 9.50. The third-order valence-electron chi connectivity index (χ3n) is 2.15. The second-order valence-electron chi connectivity index (χ2n) is 3.63. The molecule has 0 aliphatic rings. The fourth-order valence-electron chi connectivity index (χ4n) is 1.28. The van der Waals surface area contributed by atoms with E-state index in [1.807, 2.05) is 6.92 Å². The molecular formula is C11H20N2O. The molecule has 1 amide bonds. The summed E-state index contributed by atoms with van der Waals surface area (Å²) in [6.07, 6.45) is 6.84. The van der Waals surface area contributed by atoms with E-state index in [1.54, 1.807) is 19.0 Å². The second kappa shape index (κ2) is 6.44. The quantitative estimate of drug-likeness (QED) is 0.661. The Bertz CT molecular complexity index is 218. The minimum absolute atomic E-state index is 0.0838. The molecule has 0 radical (unpaired) electrons. The van der Waals surface area contributed by atoms with Gasteiger partial charge in [-0.3, -0.25) is 4.79 Å². The molecule has 2 unspecified atom stereocenters. The summed E-state index contributed by atoms with van der Waals surface area (Å²) in [5.41, 5.74) is 0.